The minimum atomic E-state index is -0.941. The van der Waals surface area contributed by atoms with Crippen molar-refractivity contribution in [2.75, 3.05) is 11.8 Å². The van der Waals surface area contributed by atoms with Crippen LogP contribution in [0.15, 0.2) is 35.2 Å². The second kappa shape index (κ2) is 7.08. The van der Waals surface area contributed by atoms with Crippen molar-refractivity contribution in [1.29, 1.82) is 5.26 Å². The molecule has 25 heavy (non-hydrogen) atoms. The number of rotatable bonds is 6. The summed E-state index contributed by atoms with van der Waals surface area (Å²) in [7, 11) is 1.58. The molecule has 2 N–H and O–H groups in total. The summed E-state index contributed by atoms with van der Waals surface area (Å²) in [4.78, 5) is 12.2. The fourth-order valence-electron chi connectivity index (χ4n) is 2.65. The molecule has 0 amide bonds. The molecule has 0 spiro atoms. The van der Waals surface area contributed by atoms with E-state index in [1.54, 1.807) is 25.3 Å². The Bertz CT molecular complexity index is 870. The van der Waals surface area contributed by atoms with Crippen LogP contribution in [0.25, 0.3) is 0 Å². The topological polar surface area (TPSA) is 82.3 Å². The molecular formula is C19H18N2O3S. The van der Waals surface area contributed by atoms with Gasteiger partial charge in [0.25, 0.3) is 0 Å². The van der Waals surface area contributed by atoms with Gasteiger partial charge in [-0.15, -0.1) is 0 Å². The minimum absolute atomic E-state index is 0.266. The average Bonchev–Trinajstić information content (AvgIpc) is 3.44. The lowest BCUT2D eigenvalue weighted by Gasteiger charge is -2.14. The first-order valence-electron chi connectivity index (χ1n) is 7.92. The number of hydrogen-bond acceptors (Lipinski definition) is 5. The molecule has 0 aliphatic heterocycles. The number of nitrogens with zero attached hydrogens (tertiary/aromatic N) is 1. The molecule has 0 atom stereocenters. The van der Waals surface area contributed by atoms with Crippen LogP contribution in [0, 0.1) is 18.3 Å². The Kier molecular flexibility index (Phi) is 4.86. The molecule has 1 fully saturated rings. The van der Waals surface area contributed by atoms with Gasteiger partial charge < -0.3 is 14.6 Å². The predicted molar refractivity (Wildman–Crippen MR) is 97.3 cm³/mol. The molecule has 1 aliphatic rings. The highest BCUT2D eigenvalue weighted by Gasteiger charge is 2.27. The van der Waals surface area contributed by atoms with Gasteiger partial charge in [-0.2, -0.15) is 5.26 Å². The number of carboxylic acid groups (broad SMARTS) is 1. The lowest BCUT2D eigenvalue weighted by Crippen LogP contribution is -2.00. The van der Waals surface area contributed by atoms with E-state index in [4.69, 9.17) is 4.74 Å². The highest BCUT2D eigenvalue weighted by molar-refractivity contribution is 8.00. The number of hydrogen-bond donors (Lipinski definition) is 2. The Morgan fingerprint density at radius 3 is 2.72 bits per heavy atom. The molecule has 0 radical (unpaired) electrons. The minimum Gasteiger partial charge on any atom is -0.495 e. The van der Waals surface area contributed by atoms with Crippen molar-refractivity contribution in [2.24, 2.45) is 0 Å². The fourth-order valence-corrected chi connectivity index (χ4v) is 3.57. The van der Waals surface area contributed by atoms with Gasteiger partial charge in [0.15, 0.2) is 0 Å². The van der Waals surface area contributed by atoms with E-state index < -0.39 is 5.97 Å². The van der Waals surface area contributed by atoms with Crippen LogP contribution in [0.3, 0.4) is 0 Å². The summed E-state index contributed by atoms with van der Waals surface area (Å²) in [6.07, 6.45) is 2.26. The van der Waals surface area contributed by atoms with Gasteiger partial charge in [-0.05, 0) is 73.0 Å². The molecule has 0 heterocycles. The fraction of sp³-hybridized carbons (Fsp3) is 0.263. The van der Waals surface area contributed by atoms with Gasteiger partial charge in [0.1, 0.15) is 5.75 Å². The van der Waals surface area contributed by atoms with Crippen LogP contribution in [-0.4, -0.2) is 18.2 Å². The highest BCUT2D eigenvalue weighted by Crippen LogP contribution is 2.45. The van der Waals surface area contributed by atoms with Crippen molar-refractivity contribution >= 4 is 23.6 Å². The number of carboxylic acids is 1. The summed E-state index contributed by atoms with van der Waals surface area (Å²) < 4.78 is 8.61. The van der Waals surface area contributed by atoms with E-state index in [9.17, 15) is 15.2 Å². The number of aryl methyl sites for hydroxylation is 1. The van der Waals surface area contributed by atoms with E-state index in [1.807, 2.05) is 19.1 Å². The Balaban J connectivity index is 1.90. The molecule has 0 aromatic heterocycles. The molecule has 2 aromatic rings. The van der Waals surface area contributed by atoms with Crippen LogP contribution in [0.4, 0.5) is 5.69 Å². The summed E-state index contributed by atoms with van der Waals surface area (Å²) in [6, 6.07) is 11.0. The maximum absolute atomic E-state index is 11.3. The molecule has 128 valence electrons. The molecule has 2 aromatic carbocycles. The molecule has 1 aliphatic carbocycles. The van der Waals surface area contributed by atoms with Crippen molar-refractivity contribution in [2.45, 2.75) is 30.6 Å². The number of aromatic carboxylic acids is 1. The first-order valence-corrected chi connectivity index (χ1v) is 8.74. The van der Waals surface area contributed by atoms with Crippen molar-refractivity contribution in [1.82, 2.24) is 0 Å². The second-order valence-electron chi connectivity index (χ2n) is 6.02. The molecule has 0 unspecified atom stereocenters. The molecule has 0 bridgehead atoms. The molecule has 1 saturated carbocycles. The third-order valence-electron chi connectivity index (χ3n) is 4.22. The van der Waals surface area contributed by atoms with Gasteiger partial charge in [-0.3, -0.25) is 0 Å². The number of benzene rings is 2. The molecule has 6 heteroatoms. The van der Waals surface area contributed by atoms with E-state index in [2.05, 4.69) is 10.8 Å². The summed E-state index contributed by atoms with van der Waals surface area (Å²) in [6.45, 7) is 1.86. The molecule has 3 rings (SSSR count). The second-order valence-corrected chi connectivity index (χ2v) is 6.86. The average molecular weight is 354 g/mol. The summed E-state index contributed by atoms with van der Waals surface area (Å²) in [5.74, 6) is 0.206. The zero-order valence-electron chi connectivity index (χ0n) is 14.0. The van der Waals surface area contributed by atoms with Crippen molar-refractivity contribution < 1.29 is 14.6 Å². The Morgan fingerprint density at radius 2 is 2.12 bits per heavy atom. The van der Waals surface area contributed by atoms with Gasteiger partial charge in [0.05, 0.1) is 30.0 Å². The van der Waals surface area contributed by atoms with Crippen LogP contribution >= 0.6 is 11.9 Å². The molecular weight excluding hydrogens is 336 g/mol. The maximum Gasteiger partial charge on any atom is 0.335 e. The zero-order chi connectivity index (χ0) is 18.0. The number of nitriles is 1. The number of methoxy groups -OCH3 is 1. The van der Waals surface area contributed by atoms with Crippen molar-refractivity contribution in [3.8, 4) is 11.8 Å². The van der Waals surface area contributed by atoms with Crippen LogP contribution in [0.1, 0.15) is 45.8 Å². The number of ether oxygens (including phenoxy) is 1. The number of anilines is 1. The van der Waals surface area contributed by atoms with E-state index in [0.717, 1.165) is 28.9 Å². The lowest BCUT2D eigenvalue weighted by molar-refractivity contribution is 0.0696. The first kappa shape index (κ1) is 17.2. The van der Waals surface area contributed by atoms with Crippen LogP contribution in [0.2, 0.25) is 0 Å². The van der Waals surface area contributed by atoms with Crippen molar-refractivity contribution in [3.05, 3.63) is 52.6 Å². The Morgan fingerprint density at radius 1 is 1.36 bits per heavy atom. The number of nitrogens with one attached hydrogen (secondary N) is 1. The molecule has 0 saturated heterocycles. The zero-order valence-corrected chi connectivity index (χ0v) is 14.8. The van der Waals surface area contributed by atoms with E-state index in [0.29, 0.717) is 22.9 Å². The van der Waals surface area contributed by atoms with Gasteiger partial charge in [0.2, 0.25) is 0 Å². The number of carbonyl (C=O) groups is 1. The largest absolute Gasteiger partial charge is 0.495 e. The molecule has 5 nitrogen and oxygen atoms in total. The third kappa shape index (κ3) is 3.72. The SMILES string of the molecule is COc1cc(C)c(C#N)cc1NSc1cc(C(=O)O)ccc1C1CC1. The maximum atomic E-state index is 11.3. The van der Waals surface area contributed by atoms with Gasteiger partial charge in [-0.1, -0.05) is 6.07 Å². The monoisotopic (exact) mass is 354 g/mol. The van der Waals surface area contributed by atoms with Crippen LogP contribution in [-0.2, 0) is 0 Å². The van der Waals surface area contributed by atoms with E-state index in [-0.39, 0.29) is 5.56 Å². The summed E-state index contributed by atoms with van der Waals surface area (Å²) in [5.41, 5.74) is 3.54. The smallest absolute Gasteiger partial charge is 0.335 e. The first-order chi connectivity index (χ1) is 12.0. The van der Waals surface area contributed by atoms with Gasteiger partial charge in [0, 0.05) is 4.90 Å². The normalized spacial score (nSPS) is 13.2. The Labute approximate surface area is 150 Å². The third-order valence-corrected chi connectivity index (χ3v) is 5.11. The van der Waals surface area contributed by atoms with E-state index in [1.165, 1.54) is 11.9 Å². The Hall–Kier alpha value is -2.65. The quantitative estimate of drug-likeness (QED) is 0.740. The van der Waals surface area contributed by atoms with E-state index >= 15 is 0 Å². The summed E-state index contributed by atoms with van der Waals surface area (Å²) >= 11 is 1.35. The van der Waals surface area contributed by atoms with Gasteiger partial charge >= 0.3 is 5.97 Å². The van der Waals surface area contributed by atoms with Gasteiger partial charge in [-0.25, -0.2) is 4.79 Å². The summed E-state index contributed by atoms with van der Waals surface area (Å²) in [5, 5.41) is 18.5. The van der Waals surface area contributed by atoms with Crippen LogP contribution in [0.5, 0.6) is 5.75 Å². The predicted octanol–water partition coefficient (Wildman–Crippen LogP) is 4.57. The standard InChI is InChI=1S/C19H18N2O3S/c1-11-7-17(24-2)16(8-14(11)10-20)21-25-18-9-13(19(22)23)5-6-15(18)12-3-4-12/h5-9,12,21H,3-4H2,1-2H3,(H,22,23). The van der Waals surface area contributed by atoms with Crippen LogP contribution < -0.4 is 9.46 Å². The van der Waals surface area contributed by atoms with Crippen molar-refractivity contribution in [3.63, 3.8) is 0 Å². The lowest BCUT2D eigenvalue weighted by atomic mass is 10.1. The highest BCUT2D eigenvalue weighted by atomic mass is 32.2.